The van der Waals surface area contributed by atoms with Gasteiger partial charge in [-0.25, -0.2) is 4.99 Å². The van der Waals surface area contributed by atoms with Crippen molar-refractivity contribution in [3.05, 3.63) is 74.6 Å². The van der Waals surface area contributed by atoms with Gasteiger partial charge in [0.25, 0.3) is 10.1 Å². The lowest BCUT2D eigenvalue weighted by Gasteiger charge is -1.94. The number of benzene rings is 1. The predicted molar refractivity (Wildman–Crippen MR) is 113 cm³/mol. The molecule has 0 saturated carbocycles. The van der Waals surface area contributed by atoms with Crippen molar-refractivity contribution in [2.24, 2.45) is 4.99 Å². The highest BCUT2D eigenvalue weighted by atomic mass is 32.2. The first-order valence-corrected chi connectivity index (χ1v) is 10.7. The molecule has 3 aromatic rings. The standard InChI is InChI=1S/C20H19N3O.CH4O3S/c1-12-8-13(2)21-16(12)10-19-20(24-3)11-18(23-19)17-9-14-6-4-5-7-15(14)22-17;1-5(2,3)4/h4-11,21,23H,1-3H3;1H3,(H,2,3,4). The Morgan fingerprint density at radius 2 is 1.83 bits per heavy atom. The first-order chi connectivity index (χ1) is 13.6. The topological polar surface area (TPSA) is 108 Å². The zero-order chi connectivity index (χ0) is 21.2. The van der Waals surface area contributed by atoms with Crippen molar-refractivity contribution in [2.45, 2.75) is 13.8 Å². The Kier molecular flexibility index (Phi) is 5.76. The van der Waals surface area contributed by atoms with Crippen molar-refractivity contribution in [3.8, 4) is 5.75 Å². The molecule has 0 radical (unpaired) electrons. The number of aromatic amines is 2. The summed E-state index contributed by atoms with van der Waals surface area (Å²) in [7, 11) is -1.98. The van der Waals surface area contributed by atoms with Gasteiger partial charge < -0.3 is 14.7 Å². The highest BCUT2D eigenvalue weighted by Crippen LogP contribution is 2.10. The smallest absolute Gasteiger partial charge is 0.261 e. The summed E-state index contributed by atoms with van der Waals surface area (Å²) in [5.41, 5.74) is 4.37. The van der Waals surface area contributed by atoms with Crippen LogP contribution in [-0.2, 0) is 10.1 Å². The minimum Gasteiger partial charge on any atom is -0.494 e. The van der Waals surface area contributed by atoms with E-state index in [9.17, 15) is 8.42 Å². The van der Waals surface area contributed by atoms with Gasteiger partial charge in [-0.05, 0) is 43.7 Å². The second-order valence-electron chi connectivity index (χ2n) is 6.79. The molecule has 1 aliphatic rings. The summed E-state index contributed by atoms with van der Waals surface area (Å²) in [4.78, 5) is 11.5. The number of rotatable bonds is 2. The first kappa shape index (κ1) is 20.6. The van der Waals surface area contributed by atoms with Crippen LogP contribution in [0.2, 0.25) is 0 Å². The summed E-state index contributed by atoms with van der Waals surface area (Å²) in [6.07, 6.45) is 4.88. The molecule has 3 N–H and O–H groups in total. The average molecular weight is 413 g/mol. The molecule has 4 rings (SSSR count). The quantitative estimate of drug-likeness (QED) is 0.533. The minimum absolute atomic E-state index is 0.715. The normalized spacial score (nSPS) is 15.1. The van der Waals surface area contributed by atoms with Crippen molar-refractivity contribution in [2.75, 3.05) is 13.4 Å². The fraction of sp³-hybridized carbons (Fsp3) is 0.190. The summed E-state index contributed by atoms with van der Waals surface area (Å²) in [6.45, 7) is 4.15. The van der Waals surface area contributed by atoms with Crippen molar-refractivity contribution in [1.82, 2.24) is 9.97 Å². The van der Waals surface area contributed by atoms with E-state index in [-0.39, 0.29) is 0 Å². The molecular formula is C21H23N3O4S. The summed E-state index contributed by atoms with van der Waals surface area (Å²) in [6, 6.07) is 12.3. The molecule has 0 atom stereocenters. The number of methoxy groups -OCH3 is 1. The maximum Gasteiger partial charge on any atom is 0.261 e. The van der Waals surface area contributed by atoms with Gasteiger partial charge in [-0.15, -0.1) is 0 Å². The Balaban J connectivity index is 0.000000431. The molecule has 152 valence electrons. The molecule has 0 unspecified atom stereocenters. The van der Waals surface area contributed by atoms with Crippen LogP contribution in [0.25, 0.3) is 17.8 Å². The zero-order valence-electron chi connectivity index (χ0n) is 16.6. The number of ether oxygens (including phenoxy) is 1. The summed E-state index contributed by atoms with van der Waals surface area (Å²) in [5, 5.41) is 4.03. The lowest BCUT2D eigenvalue weighted by Crippen LogP contribution is -2.19. The minimum atomic E-state index is -3.67. The molecule has 0 saturated heterocycles. The predicted octanol–water partition coefficient (Wildman–Crippen LogP) is 0.523. The van der Waals surface area contributed by atoms with E-state index in [0.717, 1.165) is 44.1 Å². The van der Waals surface area contributed by atoms with Crippen LogP contribution in [0.5, 0.6) is 5.75 Å². The van der Waals surface area contributed by atoms with Gasteiger partial charge in [-0.2, -0.15) is 8.42 Å². The molecule has 8 heteroatoms. The van der Waals surface area contributed by atoms with Gasteiger partial charge in [-0.3, -0.25) is 4.55 Å². The zero-order valence-corrected chi connectivity index (χ0v) is 17.5. The van der Waals surface area contributed by atoms with Gasteiger partial charge in [0.2, 0.25) is 0 Å². The number of aromatic nitrogens is 2. The Bertz CT molecular complexity index is 1350. The number of hydrogen-bond donors (Lipinski definition) is 3. The van der Waals surface area contributed by atoms with E-state index < -0.39 is 10.1 Å². The van der Waals surface area contributed by atoms with E-state index in [1.165, 1.54) is 5.56 Å². The molecule has 0 bridgehead atoms. The van der Waals surface area contributed by atoms with E-state index in [4.69, 9.17) is 14.3 Å². The Morgan fingerprint density at radius 1 is 1.14 bits per heavy atom. The van der Waals surface area contributed by atoms with Crippen LogP contribution in [0.4, 0.5) is 0 Å². The van der Waals surface area contributed by atoms with E-state index in [1.807, 2.05) is 24.3 Å². The molecule has 1 aromatic carbocycles. The molecule has 0 aliphatic carbocycles. The van der Waals surface area contributed by atoms with Crippen LogP contribution in [0.1, 0.15) is 17.0 Å². The van der Waals surface area contributed by atoms with Crippen molar-refractivity contribution in [3.63, 3.8) is 0 Å². The average Bonchev–Trinajstić information content (AvgIpc) is 3.30. The third kappa shape index (κ3) is 5.24. The van der Waals surface area contributed by atoms with Crippen molar-refractivity contribution < 1.29 is 17.7 Å². The van der Waals surface area contributed by atoms with Gasteiger partial charge in [0, 0.05) is 22.7 Å². The maximum atomic E-state index is 9.19. The molecular weight excluding hydrogens is 390 g/mol. The molecule has 0 fully saturated rings. The fourth-order valence-corrected chi connectivity index (χ4v) is 3.07. The third-order valence-electron chi connectivity index (χ3n) is 4.25. The van der Waals surface area contributed by atoms with Crippen LogP contribution in [-0.4, -0.2) is 36.3 Å². The Labute approximate surface area is 168 Å². The van der Waals surface area contributed by atoms with E-state index in [2.05, 4.69) is 48.1 Å². The number of nitrogens with one attached hydrogen (secondary N) is 2. The third-order valence-corrected chi connectivity index (χ3v) is 4.25. The second kappa shape index (κ2) is 8.10. The van der Waals surface area contributed by atoms with Crippen molar-refractivity contribution in [1.29, 1.82) is 0 Å². The summed E-state index contributed by atoms with van der Waals surface area (Å²) in [5.74, 6) is 0.809. The van der Waals surface area contributed by atoms with Crippen LogP contribution in [0.15, 0.2) is 41.4 Å². The molecule has 0 spiro atoms. The van der Waals surface area contributed by atoms with Crippen LogP contribution in [0.3, 0.4) is 0 Å². The summed E-state index contributed by atoms with van der Waals surface area (Å²) < 4.78 is 31.4. The van der Waals surface area contributed by atoms with Gasteiger partial charge in [-0.1, -0.05) is 18.2 Å². The monoisotopic (exact) mass is 413 g/mol. The van der Waals surface area contributed by atoms with Crippen LogP contribution >= 0.6 is 0 Å². The molecule has 1 aliphatic heterocycles. The van der Waals surface area contributed by atoms with Crippen molar-refractivity contribution >= 4 is 28.0 Å². The largest absolute Gasteiger partial charge is 0.494 e. The number of fused-ring (bicyclic) bond motifs is 1. The molecule has 29 heavy (non-hydrogen) atoms. The van der Waals surface area contributed by atoms with Gasteiger partial charge in [0.05, 0.1) is 35.1 Å². The number of aryl methyl sites for hydroxylation is 2. The van der Waals surface area contributed by atoms with E-state index >= 15 is 0 Å². The Morgan fingerprint density at radius 3 is 2.41 bits per heavy atom. The van der Waals surface area contributed by atoms with Crippen LogP contribution in [0, 0.1) is 13.8 Å². The Hall–Kier alpha value is -3.10. The van der Waals surface area contributed by atoms with Gasteiger partial charge >= 0.3 is 0 Å². The second-order valence-corrected chi connectivity index (χ2v) is 8.26. The SMILES string of the molecule is COc1cc(=C2C=c3ccccc3=N2)[nH]c1=Cc1[nH]c(C)cc1C.CS(=O)(=O)O. The first-order valence-electron chi connectivity index (χ1n) is 8.87. The van der Waals surface area contributed by atoms with E-state index in [1.54, 1.807) is 7.11 Å². The highest BCUT2D eigenvalue weighted by Gasteiger charge is 2.06. The molecule has 0 amide bonds. The molecule has 2 aromatic heterocycles. The fourth-order valence-electron chi connectivity index (χ4n) is 3.07. The molecule has 7 nitrogen and oxygen atoms in total. The number of H-pyrrole nitrogens is 2. The number of hydrogen-bond acceptors (Lipinski definition) is 4. The van der Waals surface area contributed by atoms with Gasteiger partial charge in [0.15, 0.2) is 0 Å². The maximum absolute atomic E-state index is 9.19. The van der Waals surface area contributed by atoms with Crippen LogP contribution < -0.4 is 26.0 Å². The molecule has 3 heterocycles. The van der Waals surface area contributed by atoms with E-state index in [0.29, 0.717) is 6.26 Å². The lowest BCUT2D eigenvalue weighted by molar-refractivity contribution is 0.412. The van der Waals surface area contributed by atoms with Gasteiger partial charge in [0.1, 0.15) is 5.75 Å². The summed E-state index contributed by atoms with van der Waals surface area (Å²) >= 11 is 0. The number of para-hydroxylation sites is 1. The highest BCUT2D eigenvalue weighted by molar-refractivity contribution is 7.85. The number of nitrogens with zero attached hydrogens (tertiary/aromatic N) is 1. The lowest BCUT2D eigenvalue weighted by atomic mass is 10.2.